The van der Waals surface area contributed by atoms with Gasteiger partial charge in [0.1, 0.15) is 6.10 Å². The van der Waals surface area contributed by atoms with E-state index in [0.717, 1.165) is 16.6 Å². The maximum Gasteiger partial charge on any atom is 0.414 e. The van der Waals surface area contributed by atoms with Crippen molar-refractivity contribution in [3.05, 3.63) is 24.4 Å². The van der Waals surface area contributed by atoms with Gasteiger partial charge in [-0.3, -0.25) is 9.58 Å². The number of hydrogen-bond donors (Lipinski definition) is 1. The number of benzene rings is 1. The van der Waals surface area contributed by atoms with E-state index in [0.29, 0.717) is 6.54 Å². The molecule has 1 atom stereocenters. The van der Waals surface area contributed by atoms with E-state index in [4.69, 9.17) is 9.84 Å². The van der Waals surface area contributed by atoms with E-state index in [-0.39, 0.29) is 6.61 Å². The predicted octanol–water partition coefficient (Wildman–Crippen LogP) is 0.891. The maximum atomic E-state index is 11.7. The summed E-state index contributed by atoms with van der Waals surface area (Å²) in [5.41, 5.74) is 1.77. The molecule has 0 bridgehead atoms. The van der Waals surface area contributed by atoms with Gasteiger partial charge in [-0.1, -0.05) is 0 Å². The minimum Gasteiger partial charge on any atom is -0.441 e. The lowest BCUT2D eigenvalue weighted by Gasteiger charge is -2.12. The summed E-state index contributed by atoms with van der Waals surface area (Å²) in [6.07, 6.45) is 0.892. The number of nitrogens with zero attached hydrogens (tertiary/aromatic N) is 3. The molecule has 1 fully saturated rings. The average molecular weight is 247 g/mol. The fraction of sp³-hybridized carbons (Fsp3) is 0.333. The largest absolute Gasteiger partial charge is 0.441 e. The van der Waals surface area contributed by atoms with Crippen molar-refractivity contribution in [2.24, 2.45) is 7.05 Å². The highest BCUT2D eigenvalue weighted by atomic mass is 16.6. The highest BCUT2D eigenvalue weighted by molar-refractivity contribution is 5.93. The number of aliphatic hydroxyl groups is 1. The number of aliphatic hydroxyl groups excluding tert-OH is 1. The first-order valence-corrected chi connectivity index (χ1v) is 5.70. The number of carbonyl (C=O) groups excluding carboxylic acids is 1. The Labute approximate surface area is 103 Å². The Balaban J connectivity index is 1.97. The van der Waals surface area contributed by atoms with Gasteiger partial charge in [-0.05, 0) is 18.2 Å². The zero-order valence-electron chi connectivity index (χ0n) is 9.91. The number of anilines is 1. The number of aromatic nitrogens is 2. The third kappa shape index (κ3) is 1.62. The predicted molar refractivity (Wildman–Crippen MR) is 65.4 cm³/mol. The van der Waals surface area contributed by atoms with Gasteiger partial charge in [-0.2, -0.15) is 5.10 Å². The average Bonchev–Trinajstić information content (AvgIpc) is 2.93. The number of aryl methyl sites for hydroxylation is 1. The number of fused-ring (bicyclic) bond motifs is 1. The Kier molecular flexibility index (Phi) is 2.45. The standard InChI is InChI=1S/C12H13N3O3/c1-14-11-3-2-9(4-8(11)5-13-14)15-6-10(7-16)18-12(15)17/h2-5,10,16H,6-7H2,1H3. The lowest BCUT2D eigenvalue weighted by Crippen LogP contribution is -2.25. The number of amides is 1. The zero-order valence-corrected chi connectivity index (χ0v) is 9.91. The summed E-state index contributed by atoms with van der Waals surface area (Å²) in [7, 11) is 1.87. The normalized spacial score (nSPS) is 19.6. The van der Waals surface area contributed by atoms with Gasteiger partial charge in [0.05, 0.1) is 24.9 Å². The van der Waals surface area contributed by atoms with Gasteiger partial charge in [0.2, 0.25) is 0 Å². The molecule has 1 N–H and O–H groups in total. The molecule has 6 nitrogen and oxygen atoms in total. The minimum atomic E-state index is -0.443. The van der Waals surface area contributed by atoms with Gasteiger partial charge in [0.15, 0.2) is 0 Å². The molecule has 1 aromatic heterocycles. The molecule has 0 aliphatic carbocycles. The summed E-state index contributed by atoms with van der Waals surface area (Å²) in [5, 5.41) is 14.1. The van der Waals surface area contributed by atoms with E-state index >= 15 is 0 Å². The number of cyclic esters (lactones) is 1. The van der Waals surface area contributed by atoms with Crippen LogP contribution in [0.3, 0.4) is 0 Å². The summed E-state index contributed by atoms with van der Waals surface area (Å²) >= 11 is 0. The van der Waals surface area contributed by atoms with Crippen molar-refractivity contribution < 1.29 is 14.6 Å². The molecule has 2 heterocycles. The molecular weight excluding hydrogens is 234 g/mol. The summed E-state index contributed by atoms with van der Waals surface area (Å²) in [6.45, 7) is 0.221. The zero-order chi connectivity index (χ0) is 12.7. The first-order chi connectivity index (χ1) is 8.69. The molecule has 2 aromatic rings. The number of rotatable bonds is 2. The van der Waals surface area contributed by atoms with Crippen LogP contribution < -0.4 is 4.90 Å². The Hall–Kier alpha value is -2.08. The van der Waals surface area contributed by atoms with Crippen molar-refractivity contribution >= 4 is 22.7 Å². The van der Waals surface area contributed by atoms with E-state index in [1.807, 2.05) is 25.2 Å². The molecule has 1 saturated heterocycles. The Morgan fingerprint density at radius 1 is 1.56 bits per heavy atom. The quantitative estimate of drug-likeness (QED) is 0.855. The summed E-state index contributed by atoms with van der Waals surface area (Å²) < 4.78 is 6.79. The monoisotopic (exact) mass is 247 g/mol. The second kappa shape index (κ2) is 3.99. The van der Waals surface area contributed by atoms with E-state index in [9.17, 15) is 4.79 Å². The second-order valence-corrected chi connectivity index (χ2v) is 4.31. The highest BCUT2D eigenvalue weighted by Gasteiger charge is 2.31. The Bertz CT molecular complexity index is 608. The lowest BCUT2D eigenvalue weighted by atomic mass is 10.2. The smallest absolute Gasteiger partial charge is 0.414 e. The Morgan fingerprint density at radius 3 is 3.11 bits per heavy atom. The SMILES string of the molecule is Cn1ncc2cc(N3CC(CO)OC3=O)ccc21. The molecule has 0 radical (unpaired) electrons. The second-order valence-electron chi connectivity index (χ2n) is 4.31. The van der Waals surface area contributed by atoms with E-state index in [1.54, 1.807) is 10.9 Å². The molecule has 1 aliphatic heterocycles. The molecule has 1 unspecified atom stereocenters. The van der Waals surface area contributed by atoms with E-state index < -0.39 is 12.2 Å². The molecule has 18 heavy (non-hydrogen) atoms. The van der Waals surface area contributed by atoms with Crippen LogP contribution in [0.5, 0.6) is 0 Å². The molecular formula is C12H13N3O3. The van der Waals surface area contributed by atoms with Crippen LogP contribution in [0, 0.1) is 0 Å². The molecule has 1 aliphatic rings. The van der Waals surface area contributed by atoms with Gasteiger partial charge in [-0.25, -0.2) is 4.79 Å². The maximum absolute atomic E-state index is 11.7. The van der Waals surface area contributed by atoms with Crippen molar-refractivity contribution in [1.82, 2.24) is 9.78 Å². The van der Waals surface area contributed by atoms with Crippen LogP contribution in [0.25, 0.3) is 10.9 Å². The third-order valence-electron chi connectivity index (χ3n) is 3.12. The fourth-order valence-corrected chi connectivity index (χ4v) is 2.15. The van der Waals surface area contributed by atoms with Gasteiger partial charge in [0, 0.05) is 18.1 Å². The van der Waals surface area contributed by atoms with E-state index in [1.165, 1.54) is 4.90 Å². The van der Waals surface area contributed by atoms with Gasteiger partial charge >= 0.3 is 6.09 Å². The first-order valence-electron chi connectivity index (χ1n) is 5.70. The van der Waals surface area contributed by atoms with E-state index in [2.05, 4.69) is 5.10 Å². The molecule has 1 aromatic carbocycles. The molecule has 3 rings (SSSR count). The highest BCUT2D eigenvalue weighted by Crippen LogP contribution is 2.25. The first kappa shape index (κ1) is 11.0. The summed E-state index contributed by atoms with van der Waals surface area (Å²) in [5.74, 6) is 0. The molecule has 0 saturated carbocycles. The van der Waals surface area contributed by atoms with Crippen molar-refractivity contribution in [3.8, 4) is 0 Å². The van der Waals surface area contributed by atoms with Crippen LogP contribution in [0.1, 0.15) is 0 Å². The van der Waals surface area contributed by atoms with Crippen molar-refractivity contribution in [2.75, 3.05) is 18.1 Å². The van der Waals surface area contributed by atoms with Crippen molar-refractivity contribution in [3.63, 3.8) is 0 Å². The van der Waals surface area contributed by atoms with Crippen molar-refractivity contribution in [2.45, 2.75) is 6.10 Å². The molecule has 6 heteroatoms. The topological polar surface area (TPSA) is 67.6 Å². The molecule has 94 valence electrons. The van der Waals surface area contributed by atoms with Crippen LogP contribution in [-0.2, 0) is 11.8 Å². The fourth-order valence-electron chi connectivity index (χ4n) is 2.15. The van der Waals surface area contributed by atoms with Gasteiger partial charge in [-0.15, -0.1) is 0 Å². The third-order valence-corrected chi connectivity index (χ3v) is 3.12. The van der Waals surface area contributed by atoms with Gasteiger partial charge in [0.25, 0.3) is 0 Å². The molecule has 0 spiro atoms. The summed E-state index contributed by atoms with van der Waals surface area (Å²) in [4.78, 5) is 13.2. The van der Waals surface area contributed by atoms with Crippen LogP contribution in [0.2, 0.25) is 0 Å². The van der Waals surface area contributed by atoms with Crippen LogP contribution in [-0.4, -0.2) is 40.2 Å². The molecule has 1 amide bonds. The van der Waals surface area contributed by atoms with Crippen LogP contribution in [0.15, 0.2) is 24.4 Å². The van der Waals surface area contributed by atoms with Gasteiger partial charge < -0.3 is 9.84 Å². The lowest BCUT2D eigenvalue weighted by molar-refractivity contribution is 0.0963. The summed E-state index contributed by atoms with van der Waals surface area (Å²) in [6, 6.07) is 5.66. The van der Waals surface area contributed by atoms with Crippen LogP contribution >= 0.6 is 0 Å². The van der Waals surface area contributed by atoms with Crippen molar-refractivity contribution in [1.29, 1.82) is 0 Å². The minimum absolute atomic E-state index is 0.155. The van der Waals surface area contributed by atoms with Crippen LogP contribution in [0.4, 0.5) is 10.5 Å². The number of ether oxygens (including phenoxy) is 1. The number of hydrogen-bond acceptors (Lipinski definition) is 4. The number of carbonyl (C=O) groups is 1. The Morgan fingerprint density at radius 2 is 2.39 bits per heavy atom.